The van der Waals surface area contributed by atoms with E-state index in [9.17, 15) is 4.79 Å². The van der Waals surface area contributed by atoms with Gasteiger partial charge in [-0.1, -0.05) is 22.0 Å². The predicted octanol–water partition coefficient (Wildman–Crippen LogP) is 3.81. The summed E-state index contributed by atoms with van der Waals surface area (Å²) in [6.45, 7) is 1.75. The summed E-state index contributed by atoms with van der Waals surface area (Å²) in [5.74, 6) is 0.824. The van der Waals surface area contributed by atoms with E-state index in [0.717, 1.165) is 14.5 Å². The van der Waals surface area contributed by atoms with Crippen LogP contribution in [0, 0.1) is 6.92 Å². The summed E-state index contributed by atoms with van der Waals surface area (Å²) in [7, 11) is 0. The maximum absolute atomic E-state index is 11.9. The fraction of sp³-hybridized carbons (Fsp3) is 0.133. The third-order valence-electron chi connectivity index (χ3n) is 2.70. The molecule has 0 spiro atoms. The van der Waals surface area contributed by atoms with Crippen LogP contribution in [-0.4, -0.2) is 22.6 Å². The Morgan fingerprint density at radius 3 is 2.78 bits per heavy atom. The first-order valence-electron chi connectivity index (χ1n) is 6.56. The van der Waals surface area contributed by atoms with Gasteiger partial charge in [0.05, 0.1) is 4.47 Å². The Bertz CT molecular complexity index is 703. The zero-order chi connectivity index (χ0) is 16.8. The molecule has 0 bridgehead atoms. The van der Waals surface area contributed by atoms with E-state index in [1.165, 1.54) is 0 Å². The monoisotopic (exact) mass is 457 g/mol. The molecule has 120 valence electrons. The second kappa shape index (κ2) is 8.37. The lowest BCUT2D eigenvalue weighted by Crippen LogP contribution is -2.37. The number of amides is 1. The number of hydrogen-bond acceptors (Lipinski definition) is 4. The first-order chi connectivity index (χ1) is 11.0. The van der Waals surface area contributed by atoms with Gasteiger partial charge in [-0.05, 0) is 64.9 Å². The molecule has 0 saturated heterocycles. The molecule has 23 heavy (non-hydrogen) atoms. The molecule has 1 amide bonds. The van der Waals surface area contributed by atoms with Crippen LogP contribution in [0.25, 0.3) is 0 Å². The number of hydrogen-bond donors (Lipinski definition) is 2. The summed E-state index contributed by atoms with van der Waals surface area (Å²) >= 11 is 11.9. The summed E-state index contributed by atoms with van der Waals surface area (Å²) in [6.07, 6.45) is 1.63. The maximum Gasteiger partial charge on any atom is 0.264 e. The number of carbonyl (C=O) groups is 1. The van der Waals surface area contributed by atoms with Crippen molar-refractivity contribution in [2.24, 2.45) is 0 Å². The predicted molar refractivity (Wildman–Crippen MR) is 101 cm³/mol. The van der Waals surface area contributed by atoms with Crippen molar-refractivity contribution >= 4 is 60.9 Å². The number of anilines is 1. The molecular formula is C15H13Br2N3O2S. The minimum atomic E-state index is -0.354. The number of halogens is 2. The van der Waals surface area contributed by atoms with Crippen molar-refractivity contribution in [1.82, 2.24) is 10.3 Å². The third kappa shape index (κ3) is 5.56. The van der Waals surface area contributed by atoms with Crippen LogP contribution < -0.4 is 15.4 Å². The Hall–Kier alpha value is -1.51. The summed E-state index contributed by atoms with van der Waals surface area (Å²) < 4.78 is 7.25. The highest BCUT2D eigenvalue weighted by atomic mass is 79.9. The molecule has 5 nitrogen and oxygen atoms in total. The first-order valence-corrected chi connectivity index (χ1v) is 8.55. The number of rotatable bonds is 4. The molecule has 0 aliphatic carbocycles. The van der Waals surface area contributed by atoms with Crippen molar-refractivity contribution in [3.63, 3.8) is 0 Å². The van der Waals surface area contributed by atoms with Gasteiger partial charge >= 0.3 is 0 Å². The lowest BCUT2D eigenvalue weighted by Gasteiger charge is -2.12. The highest BCUT2D eigenvalue weighted by Gasteiger charge is 2.11. The maximum atomic E-state index is 11.9. The third-order valence-corrected chi connectivity index (χ3v) is 3.95. The van der Waals surface area contributed by atoms with E-state index in [4.69, 9.17) is 17.0 Å². The molecule has 0 fully saturated rings. The second-order valence-corrected chi connectivity index (χ2v) is 6.72. The smallest absolute Gasteiger partial charge is 0.264 e. The number of aromatic nitrogens is 1. The van der Waals surface area contributed by atoms with Crippen molar-refractivity contribution < 1.29 is 9.53 Å². The molecule has 2 aromatic rings. The molecule has 0 aliphatic rings. The number of thiocarbonyl (C=S) groups is 1. The van der Waals surface area contributed by atoms with Crippen LogP contribution in [0.4, 0.5) is 5.82 Å². The van der Waals surface area contributed by atoms with E-state index in [1.807, 2.05) is 25.1 Å². The normalized spacial score (nSPS) is 10.0. The number of nitrogens with zero attached hydrogens (tertiary/aromatic N) is 1. The van der Waals surface area contributed by atoms with E-state index < -0.39 is 0 Å². The molecule has 0 unspecified atom stereocenters. The largest absolute Gasteiger partial charge is 0.482 e. The molecule has 0 saturated carbocycles. The van der Waals surface area contributed by atoms with Crippen LogP contribution in [0.15, 0.2) is 45.5 Å². The molecule has 0 radical (unpaired) electrons. The van der Waals surface area contributed by atoms with E-state index in [2.05, 4.69) is 47.5 Å². The Labute approximate surface area is 156 Å². The molecule has 1 heterocycles. The Balaban J connectivity index is 1.87. The molecule has 1 aromatic heterocycles. The highest BCUT2D eigenvalue weighted by molar-refractivity contribution is 9.11. The van der Waals surface area contributed by atoms with Crippen LogP contribution in [-0.2, 0) is 4.79 Å². The van der Waals surface area contributed by atoms with Crippen molar-refractivity contribution in [2.75, 3.05) is 11.9 Å². The average molecular weight is 459 g/mol. The van der Waals surface area contributed by atoms with Crippen LogP contribution in [0.3, 0.4) is 0 Å². The number of pyridine rings is 1. The van der Waals surface area contributed by atoms with Gasteiger partial charge in [0.15, 0.2) is 11.7 Å². The zero-order valence-corrected chi connectivity index (χ0v) is 16.1. The van der Waals surface area contributed by atoms with Gasteiger partial charge in [0.2, 0.25) is 0 Å². The van der Waals surface area contributed by atoms with E-state index in [0.29, 0.717) is 11.6 Å². The summed E-state index contributed by atoms with van der Waals surface area (Å²) in [4.78, 5) is 16.0. The molecule has 1 aromatic carbocycles. The number of benzene rings is 1. The van der Waals surface area contributed by atoms with Crippen molar-refractivity contribution in [1.29, 1.82) is 0 Å². The Morgan fingerprint density at radius 1 is 1.35 bits per heavy atom. The standard InChI is InChI=1S/C15H13Br2N3O2S/c1-9-6-10(16)7-11(17)14(9)22-8-13(21)20-15(23)19-12-4-2-3-5-18-12/h2-7H,8H2,1H3,(H2,18,19,20,21,23). The Kier molecular flexibility index (Phi) is 6.49. The van der Waals surface area contributed by atoms with E-state index in [1.54, 1.807) is 18.3 Å². The molecule has 0 aliphatic heterocycles. The molecule has 2 N–H and O–H groups in total. The molecule has 0 atom stereocenters. The summed E-state index contributed by atoms with van der Waals surface area (Å²) in [6, 6.07) is 9.12. The van der Waals surface area contributed by atoms with Crippen LogP contribution >= 0.6 is 44.1 Å². The summed E-state index contributed by atoms with van der Waals surface area (Å²) in [5, 5.41) is 5.53. The minimum absolute atomic E-state index is 0.148. The van der Waals surface area contributed by atoms with Gasteiger partial charge in [-0.2, -0.15) is 0 Å². The average Bonchev–Trinajstić information content (AvgIpc) is 2.46. The van der Waals surface area contributed by atoms with Crippen molar-refractivity contribution in [2.45, 2.75) is 6.92 Å². The second-order valence-electron chi connectivity index (χ2n) is 4.54. The van der Waals surface area contributed by atoms with Gasteiger partial charge in [0.1, 0.15) is 11.6 Å². The number of aryl methyl sites for hydroxylation is 1. The summed E-state index contributed by atoms with van der Waals surface area (Å²) in [5.41, 5.74) is 0.910. The zero-order valence-electron chi connectivity index (χ0n) is 12.1. The SMILES string of the molecule is Cc1cc(Br)cc(Br)c1OCC(=O)NC(=S)Nc1ccccn1. The number of carbonyl (C=O) groups excluding carboxylic acids is 1. The fourth-order valence-electron chi connectivity index (χ4n) is 1.76. The van der Waals surface area contributed by atoms with Gasteiger partial charge in [-0.3, -0.25) is 10.1 Å². The van der Waals surface area contributed by atoms with E-state index >= 15 is 0 Å². The molecular weight excluding hydrogens is 446 g/mol. The number of nitrogens with one attached hydrogen (secondary N) is 2. The molecule has 2 rings (SSSR count). The first kappa shape index (κ1) is 17.8. The fourth-order valence-corrected chi connectivity index (χ4v) is 3.53. The van der Waals surface area contributed by atoms with Crippen molar-refractivity contribution in [3.8, 4) is 5.75 Å². The molecule has 8 heteroatoms. The highest BCUT2D eigenvalue weighted by Crippen LogP contribution is 2.32. The lowest BCUT2D eigenvalue weighted by molar-refractivity contribution is -0.121. The van der Waals surface area contributed by atoms with Gasteiger partial charge in [-0.15, -0.1) is 0 Å². The quantitative estimate of drug-likeness (QED) is 0.682. The van der Waals surface area contributed by atoms with Gasteiger partial charge in [-0.25, -0.2) is 4.98 Å². The minimum Gasteiger partial charge on any atom is -0.482 e. The topological polar surface area (TPSA) is 63.2 Å². The van der Waals surface area contributed by atoms with Crippen LogP contribution in [0.1, 0.15) is 5.56 Å². The van der Waals surface area contributed by atoms with E-state index in [-0.39, 0.29) is 17.6 Å². The Morgan fingerprint density at radius 2 is 2.13 bits per heavy atom. The lowest BCUT2D eigenvalue weighted by atomic mass is 10.2. The van der Waals surface area contributed by atoms with Gasteiger partial charge in [0, 0.05) is 10.7 Å². The van der Waals surface area contributed by atoms with Crippen LogP contribution in [0.5, 0.6) is 5.75 Å². The van der Waals surface area contributed by atoms with Gasteiger partial charge < -0.3 is 10.1 Å². The van der Waals surface area contributed by atoms with Gasteiger partial charge in [0.25, 0.3) is 5.91 Å². The number of ether oxygens (including phenoxy) is 1. The van der Waals surface area contributed by atoms with Crippen molar-refractivity contribution in [3.05, 3.63) is 51.0 Å². The van der Waals surface area contributed by atoms with Crippen LogP contribution in [0.2, 0.25) is 0 Å².